The molecule has 0 saturated carbocycles. The largest absolute Gasteiger partial charge is 0.361 e. The summed E-state index contributed by atoms with van der Waals surface area (Å²) in [5.74, 6) is 0.705. The Morgan fingerprint density at radius 1 is 1.43 bits per heavy atom. The fraction of sp³-hybridized carbons (Fsp3) is 0.214. The van der Waals surface area contributed by atoms with Crippen LogP contribution in [0.25, 0.3) is 10.9 Å². The molecule has 3 aromatic rings. The second-order valence-corrected chi connectivity index (χ2v) is 5.12. The van der Waals surface area contributed by atoms with E-state index in [0.717, 1.165) is 16.7 Å². The molecule has 2 aromatic heterocycles. The molecule has 2 heterocycles. The Labute approximate surface area is 126 Å². The second-order valence-electron chi connectivity index (χ2n) is 4.73. The molecule has 21 heavy (non-hydrogen) atoms. The van der Waals surface area contributed by atoms with E-state index in [1.54, 1.807) is 0 Å². The number of amides is 1. The van der Waals surface area contributed by atoms with Crippen molar-refractivity contribution in [3.8, 4) is 0 Å². The molecule has 6 nitrogen and oxygen atoms in total. The van der Waals surface area contributed by atoms with Gasteiger partial charge in [0.2, 0.25) is 0 Å². The number of hydrogen-bond donors (Lipinski definition) is 3. The predicted octanol–water partition coefficient (Wildman–Crippen LogP) is 2.16. The third-order valence-corrected chi connectivity index (χ3v) is 3.71. The van der Waals surface area contributed by atoms with Crippen LogP contribution in [0.4, 0.5) is 0 Å². The van der Waals surface area contributed by atoms with Gasteiger partial charge in [-0.25, -0.2) is 0 Å². The highest BCUT2D eigenvalue weighted by Crippen LogP contribution is 2.16. The topological polar surface area (TPSA) is 78.5 Å². The van der Waals surface area contributed by atoms with Crippen molar-refractivity contribution in [3.05, 3.63) is 46.6 Å². The Balaban J connectivity index is 1.70. The van der Waals surface area contributed by atoms with Crippen LogP contribution in [0.2, 0.25) is 0 Å². The number of aromatic nitrogens is 4. The van der Waals surface area contributed by atoms with Crippen molar-refractivity contribution >= 4 is 29.0 Å². The van der Waals surface area contributed by atoms with E-state index in [-0.39, 0.29) is 5.91 Å². The molecule has 108 valence electrons. The van der Waals surface area contributed by atoms with Crippen molar-refractivity contribution in [3.63, 3.8) is 0 Å². The highest BCUT2D eigenvalue weighted by Gasteiger charge is 2.10. The first-order valence-corrected chi connectivity index (χ1v) is 7.04. The molecule has 0 radical (unpaired) electrons. The van der Waals surface area contributed by atoms with Gasteiger partial charge in [-0.15, -0.1) is 0 Å². The summed E-state index contributed by atoms with van der Waals surface area (Å²) >= 11 is 5.12. The Morgan fingerprint density at radius 2 is 2.29 bits per heavy atom. The van der Waals surface area contributed by atoms with Crippen molar-refractivity contribution in [2.75, 3.05) is 6.54 Å². The van der Waals surface area contributed by atoms with Gasteiger partial charge in [0.05, 0.1) is 11.1 Å². The lowest BCUT2D eigenvalue weighted by Gasteiger charge is -2.07. The van der Waals surface area contributed by atoms with E-state index >= 15 is 0 Å². The maximum Gasteiger partial charge on any atom is 0.253 e. The minimum absolute atomic E-state index is 0.101. The molecule has 1 amide bonds. The van der Waals surface area contributed by atoms with Gasteiger partial charge in [0.1, 0.15) is 5.82 Å². The molecule has 3 rings (SSSR count). The molecule has 0 aliphatic rings. The van der Waals surface area contributed by atoms with Gasteiger partial charge in [-0.05, 0) is 31.3 Å². The molecule has 7 heteroatoms. The molecule has 0 aliphatic carbocycles. The molecule has 3 N–H and O–H groups in total. The van der Waals surface area contributed by atoms with Gasteiger partial charge >= 0.3 is 0 Å². The Hall–Kier alpha value is -2.41. The Bertz CT molecular complexity index is 844. The van der Waals surface area contributed by atoms with E-state index < -0.39 is 0 Å². The Kier molecular flexibility index (Phi) is 3.57. The smallest absolute Gasteiger partial charge is 0.253 e. The van der Waals surface area contributed by atoms with Gasteiger partial charge in [0.25, 0.3) is 5.91 Å². The van der Waals surface area contributed by atoms with Crippen LogP contribution in [0.5, 0.6) is 0 Å². The number of aromatic amines is 2. The number of benzene rings is 1. The van der Waals surface area contributed by atoms with Crippen LogP contribution in [0.1, 0.15) is 16.2 Å². The van der Waals surface area contributed by atoms with Crippen LogP contribution in [-0.4, -0.2) is 32.2 Å². The summed E-state index contributed by atoms with van der Waals surface area (Å²) in [6.45, 7) is 2.95. The zero-order chi connectivity index (χ0) is 14.8. The lowest BCUT2D eigenvalue weighted by molar-refractivity contribution is 0.0953. The predicted molar refractivity (Wildman–Crippen MR) is 82.8 cm³/mol. The van der Waals surface area contributed by atoms with E-state index in [1.165, 1.54) is 0 Å². The highest BCUT2D eigenvalue weighted by molar-refractivity contribution is 7.71. The van der Waals surface area contributed by atoms with Gasteiger partial charge in [0, 0.05) is 24.7 Å². The van der Waals surface area contributed by atoms with E-state index in [0.29, 0.717) is 23.4 Å². The molecule has 0 bridgehead atoms. The van der Waals surface area contributed by atoms with E-state index in [4.69, 9.17) is 12.2 Å². The van der Waals surface area contributed by atoms with Gasteiger partial charge in [-0.2, -0.15) is 5.10 Å². The van der Waals surface area contributed by atoms with Gasteiger partial charge < -0.3 is 14.9 Å². The van der Waals surface area contributed by atoms with Crippen LogP contribution in [-0.2, 0) is 6.54 Å². The first kappa shape index (κ1) is 13.6. The molecule has 0 atom stereocenters. The van der Waals surface area contributed by atoms with Gasteiger partial charge in [-0.3, -0.25) is 9.89 Å². The normalized spacial score (nSPS) is 10.9. The van der Waals surface area contributed by atoms with E-state index in [1.807, 2.05) is 42.0 Å². The third kappa shape index (κ3) is 2.59. The number of aryl methyl sites for hydroxylation is 1. The summed E-state index contributed by atoms with van der Waals surface area (Å²) in [7, 11) is 0. The minimum Gasteiger partial charge on any atom is -0.361 e. The van der Waals surface area contributed by atoms with E-state index in [2.05, 4.69) is 20.5 Å². The summed E-state index contributed by atoms with van der Waals surface area (Å²) < 4.78 is 2.42. The first-order valence-electron chi connectivity index (χ1n) is 6.63. The number of para-hydroxylation sites is 1. The quantitative estimate of drug-likeness (QED) is 0.646. The van der Waals surface area contributed by atoms with Crippen LogP contribution in [0, 0.1) is 11.7 Å². The van der Waals surface area contributed by atoms with E-state index in [9.17, 15) is 4.79 Å². The van der Waals surface area contributed by atoms with Crippen molar-refractivity contribution in [1.29, 1.82) is 0 Å². The lowest BCUT2D eigenvalue weighted by atomic mass is 10.1. The summed E-state index contributed by atoms with van der Waals surface area (Å²) in [5.41, 5.74) is 1.50. The standard InChI is InChI=1S/C14H15N5OS/c1-9-17-18-14(21)19(9)8-7-16-13(20)11-4-2-3-10-5-6-15-12(10)11/h2-6,15H,7-8H2,1H3,(H,16,20)(H,18,21). The molecule has 0 unspecified atom stereocenters. The lowest BCUT2D eigenvalue weighted by Crippen LogP contribution is -2.27. The second kappa shape index (κ2) is 5.53. The monoisotopic (exact) mass is 301 g/mol. The van der Waals surface area contributed by atoms with Gasteiger partial charge in [-0.1, -0.05) is 12.1 Å². The minimum atomic E-state index is -0.101. The molecular formula is C14H15N5OS. The third-order valence-electron chi connectivity index (χ3n) is 3.40. The molecule has 0 spiro atoms. The van der Waals surface area contributed by atoms with Gasteiger partial charge in [0.15, 0.2) is 4.77 Å². The molecular weight excluding hydrogens is 286 g/mol. The van der Waals surface area contributed by atoms with Crippen molar-refractivity contribution in [2.24, 2.45) is 0 Å². The number of carbonyl (C=O) groups is 1. The number of nitrogens with one attached hydrogen (secondary N) is 3. The summed E-state index contributed by atoms with van der Waals surface area (Å²) in [4.78, 5) is 15.4. The Morgan fingerprint density at radius 3 is 3.05 bits per heavy atom. The number of hydrogen-bond acceptors (Lipinski definition) is 3. The molecule has 0 aliphatic heterocycles. The first-order chi connectivity index (χ1) is 10.2. The number of H-pyrrole nitrogens is 2. The molecule has 1 aromatic carbocycles. The number of fused-ring (bicyclic) bond motifs is 1. The fourth-order valence-electron chi connectivity index (χ4n) is 2.31. The number of carbonyl (C=O) groups excluding carboxylic acids is 1. The highest BCUT2D eigenvalue weighted by atomic mass is 32.1. The average molecular weight is 301 g/mol. The number of nitrogens with zero attached hydrogens (tertiary/aromatic N) is 2. The van der Waals surface area contributed by atoms with Crippen molar-refractivity contribution in [1.82, 2.24) is 25.1 Å². The fourth-order valence-corrected chi connectivity index (χ4v) is 2.58. The van der Waals surface area contributed by atoms with Crippen LogP contribution < -0.4 is 5.32 Å². The van der Waals surface area contributed by atoms with Crippen LogP contribution in [0.15, 0.2) is 30.5 Å². The number of rotatable bonds is 4. The average Bonchev–Trinajstić information content (AvgIpc) is 3.07. The zero-order valence-corrected chi connectivity index (χ0v) is 12.3. The summed E-state index contributed by atoms with van der Waals surface area (Å²) in [5, 5.41) is 10.7. The van der Waals surface area contributed by atoms with Crippen LogP contribution in [0.3, 0.4) is 0 Å². The zero-order valence-electron chi connectivity index (χ0n) is 11.5. The van der Waals surface area contributed by atoms with Crippen molar-refractivity contribution < 1.29 is 4.79 Å². The molecule has 0 saturated heterocycles. The summed E-state index contributed by atoms with van der Waals surface area (Å²) in [6.07, 6.45) is 1.83. The maximum atomic E-state index is 12.3. The SMILES string of the molecule is Cc1n[nH]c(=S)n1CCNC(=O)c1cccc2cc[nH]c12. The summed E-state index contributed by atoms with van der Waals surface area (Å²) in [6, 6.07) is 7.60. The van der Waals surface area contributed by atoms with Crippen molar-refractivity contribution in [2.45, 2.75) is 13.5 Å². The molecule has 0 fully saturated rings. The maximum absolute atomic E-state index is 12.3. The van der Waals surface area contributed by atoms with Crippen LogP contribution >= 0.6 is 12.2 Å².